The van der Waals surface area contributed by atoms with E-state index in [0.717, 1.165) is 0 Å². The fraction of sp³-hybridized carbons (Fsp3) is 0.250. The minimum atomic E-state index is -0.916. The molecule has 2 rings (SSSR count). The Balaban J connectivity index is 2.30. The van der Waals surface area contributed by atoms with E-state index >= 15 is 0 Å². The summed E-state index contributed by atoms with van der Waals surface area (Å²) in [5, 5.41) is 19.6. The van der Waals surface area contributed by atoms with Gasteiger partial charge in [-0.1, -0.05) is 23.2 Å². The van der Waals surface area contributed by atoms with E-state index in [1.54, 1.807) is 6.07 Å². The van der Waals surface area contributed by atoms with Gasteiger partial charge in [0.05, 0.1) is 22.9 Å². The van der Waals surface area contributed by atoms with Gasteiger partial charge in [-0.25, -0.2) is 4.68 Å². The maximum absolute atomic E-state index is 10.5. The van der Waals surface area contributed by atoms with Crippen LogP contribution in [0.1, 0.15) is 6.42 Å². The van der Waals surface area contributed by atoms with Crippen molar-refractivity contribution in [2.45, 2.75) is 13.0 Å². The molecule has 0 saturated heterocycles. The molecule has 0 aliphatic heterocycles. The van der Waals surface area contributed by atoms with Crippen LogP contribution >= 0.6 is 34.5 Å². The Morgan fingerprint density at radius 2 is 2.29 bits per heavy atom. The summed E-state index contributed by atoms with van der Waals surface area (Å²) in [7, 11) is 0. The molecule has 9 heteroatoms. The Labute approximate surface area is 110 Å². The molecule has 0 atom stereocenters. The van der Waals surface area contributed by atoms with Gasteiger partial charge in [0, 0.05) is 0 Å². The smallest absolute Gasteiger partial charge is 0.305 e. The van der Waals surface area contributed by atoms with Gasteiger partial charge in [-0.2, -0.15) is 0 Å². The zero-order valence-corrected chi connectivity index (χ0v) is 10.6. The lowest BCUT2D eigenvalue weighted by Crippen LogP contribution is -2.07. The zero-order chi connectivity index (χ0) is 12.4. The standard InChI is InChI=1S/C8H6Cl2N4O2S/c9-5-3-4(7(10)17-5)8-11-12-13-14(8)2-1-6(15)16/h3H,1-2H2,(H,15,16). The van der Waals surface area contributed by atoms with E-state index in [1.165, 1.54) is 16.0 Å². The van der Waals surface area contributed by atoms with Crippen molar-refractivity contribution in [2.75, 3.05) is 0 Å². The molecule has 17 heavy (non-hydrogen) atoms. The molecular weight excluding hydrogens is 287 g/mol. The van der Waals surface area contributed by atoms with E-state index < -0.39 is 5.97 Å². The third kappa shape index (κ3) is 2.74. The second-order valence-corrected chi connectivity index (χ2v) is 5.39. The summed E-state index contributed by atoms with van der Waals surface area (Å²) in [6.07, 6.45) is -0.0620. The number of hydrogen-bond acceptors (Lipinski definition) is 5. The molecule has 0 bridgehead atoms. The number of tetrazole rings is 1. The third-order valence-corrected chi connectivity index (χ3v) is 3.45. The minimum absolute atomic E-state index is 0.0620. The monoisotopic (exact) mass is 292 g/mol. The van der Waals surface area contributed by atoms with Gasteiger partial charge < -0.3 is 5.11 Å². The third-order valence-electron chi connectivity index (χ3n) is 1.97. The molecule has 90 valence electrons. The molecule has 0 aliphatic carbocycles. The quantitative estimate of drug-likeness (QED) is 0.934. The molecule has 6 nitrogen and oxygen atoms in total. The summed E-state index contributed by atoms with van der Waals surface area (Å²) < 4.78 is 2.39. The van der Waals surface area contributed by atoms with Crippen molar-refractivity contribution in [3.8, 4) is 11.4 Å². The van der Waals surface area contributed by atoms with Gasteiger partial charge in [0.1, 0.15) is 4.34 Å². The molecule has 1 N–H and O–H groups in total. The van der Waals surface area contributed by atoms with Crippen LogP contribution in [0, 0.1) is 0 Å². The van der Waals surface area contributed by atoms with Gasteiger partial charge in [-0.05, 0) is 16.5 Å². The highest BCUT2D eigenvalue weighted by Gasteiger charge is 2.16. The highest BCUT2D eigenvalue weighted by molar-refractivity contribution is 7.20. The molecule has 0 saturated carbocycles. The van der Waals surface area contributed by atoms with Crippen LogP contribution in [0.2, 0.25) is 8.67 Å². The fourth-order valence-corrected chi connectivity index (χ4v) is 2.70. The van der Waals surface area contributed by atoms with Crippen LogP contribution in [0.4, 0.5) is 0 Å². The Kier molecular flexibility index (Phi) is 3.60. The maximum atomic E-state index is 10.5. The summed E-state index contributed by atoms with van der Waals surface area (Å²) in [4.78, 5) is 10.5. The Morgan fingerprint density at radius 3 is 2.88 bits per heavy atom. The van der Waals surface area contributed by atoms with E-state index in [4.69, 9.17) is 28.3 Å². The molecule has 0 spiro atoms. The van der Waals surface area contributed by atoms with Crippen molar-refractivity contribution >= 4 is 40.5 Å². The number of nitrogens with zero attached hydrogens (tertiary/aromatic N) is 4. The molecule has 0 aromatic carbocycles. The Bertz CT molecular complexity index is 553. The predicted octanol–water partition coefficient (Wildman–Crippen LogP) is 2.18. The number of thiophene rings is 1. The SMILES string of the molecule is O=C(O)CCn1nnnc1-c1cc(Cl)sc1Cl. The number of aryl methyl sites for hydroxylation is 1. The van der Waals surface area contributed by atoms with Crippen LogP contribution in [-0.4, -0.2) is 31.3 Å². The second kappa shape index (κ2) is 4.99. The van der Waals surface area contributed by atoms with Crippen molar-refractivity contribution < 1.29 is 9.90 Å². The summed E-state index contributed by atoms with van der Waals surface area (Å²) in [6, 6.07) is 1.65. The normalized spacial score (nSPS) is 10.7. The summed E-state index contributed by atoms with van der Waals surface area (Å²) in [5.41, 5.74) is 0.608. The molecule has 0 aliphatic rings. The summed E-state index contributed by atoms with van der Waals surface area (Å²) >= 11 is 13.0. The van der Waals surface area contributed by atoms with Crippen molar-refractivity contribution in [1.29, 1.82) is 0 Å². The first-order valence-corrected chi connectivity index (χ1v) is 6.08. The van der Waals surface area contributed by atoms with Crippen LogP contribution in [-0.2, 0) is 11.3 Å². The summed E-state index contributed by atoms with van der Waals surface area (Å²) in [6.45, 7) is 0.182. The molecule has 0 radical (unpaired) electrons. The van der Waals surface area contributed by atoms with Crippen molar-refractivity contribution in [1.82, 2.24) is 20.2 Å². The molecule has 0 fully saturated rings. The maximum Gasteiger partial charge on any atom is 0.305 e. The Morgan fingerprint density at radius 1 is 1.53 bits per heavy atom. The number of carboxylic acids is 1. The lowest BCUT2D eigenvalue weighted by Gasteiger charge is -2.00. The van der Waals surface area contributed by atoms with Crippen molar-refractivity contribution in [3.63, 3.8) is 0 Å². The van der Waals surface area contributed by atoms with Crippen molar-refractivity contribution in [3.05, 3.63) is 14.7 Å². The molecule has 2 aromatic rings. The van der Waals surface area contributed by atoms with E-state index in [-0.39, 0.29) is 13.0 Å². The van der Waals surface area contributed by atoms with Crippen LogP contribution in [0.5, 0.6) is 0 Å². The summed E-state index contributed by atoms with van der Waals surface area (Å²) in [5.74, 6) is -0.500. The zero-order valence-electron chi connectivity index (χ0n) is 8.30. The van der Waals surface area contributed by atoms with E-state index in [9.17, 15) is 4.79 Å². The number of rotatable bonds is 4. The van der Waals surface area contributed by atoms with Gasteiger partial charge in [0.2, 0.25) is 0 Å². The number of aromatic nitrogens is 4. The molecule has 0 amide bonds. The van der Waals surface area contributed by atoms with Gasteiger partial charge in [-0.3, -0.25) is 4.79 Å². The van der Waals surface area contributed by atoms with Gasteiger partial charge in [0.15, 0.2) is 5.82 Å². The molecular formula is C8H6Cl2N4O2S. The number of aliphatic carboxylic acids is 1. The first kappa shape index (κ1) is 12.3. The van der Waals surface area contributed by atoms with E-state index in [2.05, 4.69) is 15.5 Å². The lowest BCUT2D eigenvalue weighted by atomic mass is 10.3. The number of carboxylic acid groups (broad SMARTS) is 1. The van der Waals surface area contributed by atoms with Gasteiger partial charge in [-0.15, -0.1) is 16.4 Å². The average molecular weight is 293 g/mol. The topological polar surface area (TPSA) is 80.9 Å². The first-order chi connectivity index (χ1) is 8.08. The second-order valence-electron chi connectivity index (χ2n) is 3.11. The largest absolute Gasteiger partial charge is 0.481 e. The van der Waals surface area contributed by atoms with Gasteiger partial charge >= 0.3 is 5.97 Å². The molecule has 0 unspecified atom stereocenters. The van der Waals surface area contributed by atoms with E-state index in [1.807, 2.05) is 0 Å². The van der Waals surface area contributed by atoms with Crippen LogP contribution in [0.25, 0.3) is 11.4 Å². The fourth-order valence-electron chi connectivity index (χ4n) is 1.24. The number of halogens is 2. The van der Waals surface area contributed by atoms with Gasteiger partial charge in [0.25, 0.3) is 0 Å². The highest BCUT2D eigenvalue weighted by Crippen LogP contribution is 2.36. The molecule has 2 aromatic heterocycles. The van der Waals surface area contributed by atoms with Crippen molar-refractivity contribution in [2.24, 2.45) is 0 Å². The van der Waals surface area contributed by atoms with Crippen LogP contribution in [0.3, 0.4) is 0 Å². The Hall–Kier alpha value is -1.18. The number of carbonyl (C=O) groups is 1. The van der Waals surface area contributed by atoms with E-state index in [0.29, 0.717) is 20.1 Å². The van der Waals surface area contributed by atoms with Crippen LogP contribution < -0.4 is 0 Å². The lowest BCUT2D eigenvalue weighted by molar-refractivity contribution is -0.137. The first-order valence-electron chi connectivity index (χ1n) is 4.51. The molecule has 2 heterocycles. The minimum Gasteiger partial charge on any atom is -0.481 e. The van der Waals surface area contributed by atoms with Crippen LogP contribution in [0.15, 0.2) is 6.07 Å². The number of hydrogen-bond donors (Lipinski definition) is 1. The predicted molar refractivity (Wildman–Crippen MR) is 63.4 cm³/mol. The highest BCUT2D eigenvalue weighted by atomic mass is 35.5. The average Bonchev–Trinajstić information content (AvgIpc) is 2.81.